The summed E-state index contributed by atoms with van der Waals surface area (Å²) >= 11 is 7.49. The molecular formula is C12H18ClNOS. The van der Waals surface area contributed by atoms with Crippen molar-refractivity contribution in [3.63, 3.8) is 0 Å². The normalized spacial score (nSPS) is 11.6. The van der Waals surface area contributed by atoms with Crippen LogP contribution in [0.5, 0.6) is 0 Å². The Morgan fingerprint density at radius 1 is 1.56 bits per heavy atom. The molecule has 0 unspecified atom stereocenters. The summed E-state index contributed by atoms with van der Waals surface area (Å²) in [6.45, 7) is 6.49. The molecule has 16 heavy (non-hydrogen) atoms. The molecule has 1 amide bonds. The largest absolute Gasteiger partial charge is 0.340 e. The van der Waals surface area contributed by atoms with Gasteiger partial charge in [0.15, 0.2) is 0 Å². The van der Waals surface area contributed by atoms with Crippen LogP contribution in [0.1, 0.15) is 24.3 Å². The fraction of sp³-hybridized carbons (Fsp3) is 0.583. The molecule has 0 aliphatic carbocycles. The van der Waals surface area contributed by atoms with Crippen molar-refractivity contribution < 1.29 is 4.79 Å². The number of nitrogens with zero attached hydrogens (tertiary/aromatic N) is 1. The Bertz CT molecular complexity index is 373. The Morgan fingerprint density at radius 3 is 2.62 bits per heavy atom. The third-order valence-electron chi connectivity index (χ3n) is 2.61. The number of carbonyl (C=O) groups is 1. The van der Waals surface area contributed by atoms with Gasteiger partial charge in [0.2, 0.25) is 5.91 Å². The summed E-state index contributed by atoms with van der Waals surface area (Å²) in [7, 11) is 1.83. The molecule has 0 aliphatic rings. The van der Waals surface area contributed by atoms with Crippen LogP contribution in [0, 0.1) is 12.3 Å². The van der Waals surface area contributed by atoms with Crippen LogP contribution in [0.3, 0.4) is 0 Å². The molecule has 0 atom stereocenters. The summed E-state index contributed by atoms with van der Waals surface area (Å²) < 4.78 is 0. The first-order chi connectivity index (χ1) is 7.38. The highest BCUT2D eigenvalue weighted by Gasteiger charge is 2.29. The standard InChI is InChI=1S/C12H18ClNOS/c1-9-5-6-16-10(9)7-14(4)11(15)12(2,3)8-13/h5-6H,7-8H2,1-4H3. The third kappa shape index (κ3) is 2.98. The number of hydrogen-bond acceptors (Lipinski definition) is 2. The molecule has 0 saturated carbocycles. The predicted molar refractivity (Wildman–Crippen MR) is 70.0 cm³/mol. The number of aryl methyl sites for hydroxylation is 1. The van der Waals surface area contributed by atoms with Gasteiger partial charge in [-0.1, -0.05) is 0 Å². The Hall–Kier alpha value is -0.540. The summed E-state index contributed by atoms with van der Waals surface area (Å²) in [5, 5.41) is 2.05. The van der Waals surface area contributed by atoms with Crippen LogP contribution < -0.4 is 0 Å². The smallest absolute Gasteiger partial charge is 0.229 e. The highest BCUT2D eigenvalue weighted by molar-refractivity contribution is 7.10. The topological polar surface area (TPSA) is 20.3 Å². The van der Waals surface area contributed by atoms with E-state index in [0.29, 0.717) is 12.4 Å². The van der Waals surface area contributed by atoms with E-state index in [-0.39, 0.29) is 5.91 Å². The number of halogens is 1. The first-order valence-electron chi connectivity index (χ1n) is 5.23. The maximum atomic E-state index is 12.1. The molecule has 1 aromatic heterocycles. The maximum Gasteiger partial charge on any atom is 0.229 e. The van der Waals surface area contributed by atoms with Crippen LogP contribution in [-0.4, -0.2) is 23.7 Å². The highest BCUT2D eigenvalue weighted by Crippen LogP contribution is 2.23. The highest BCUT2D eigenvalue weighted by atomic mass is 35.5. The van der Waals surface area contributed by atoms with Gasteiger partial charge in [-0.2, -0.15) is 0 Å². The molecule has 2 nitrogen and oxygen atoms in total. The zero-order valence-electron chi connectivity index (χ0n) is 10.2. The van der Waals surface area contributed by atoms with Crippen LogP contribution in [-0.2, 0) is 11.3 Å². The zero-order valence-corrected chi connectivity index (χ0v) is 11.8. The molecule has 0 N–H and O–H groups in total. The average Bonchev–Trinajstić information content (AvgIpc) is 2.63. The number of alkyl halides is 1. The molecule has 0 fully saturated rings. The molecule has 0 aliphatic heterocycles. The van der Waals surface area contributed by atoms with Gasteiger partial charge in [-0.3, -0.25) is 4.79 Å². The van der Waals surface area contributed by atoms with E-state index < -0.39 is 5.41 Å². The Balaban J connectivity index is 2.70. The number of rotatable bonds is 4. The second-order valence-corrected chi connectivity index (χ2v) is 5.97. The molecule has 1 aromatic rings. The second-order valence-electron chi connectivity index (χ2n) is 4.71. The van der Waals surface area contributed by atoms with Crippen molar-refractivity contribution in [2.24, 2.45) is 5.41 Å². The van der Waals surface area contributed by atoms with Gasteiger partial charge in [0.1, 0.15) is 0 Å². The van der Waals surface area contributed by atoms with Gasteiger partial charge < -0.3 is 4.90 Å². The molecule has 0 bridgehead atoms. The van der Waals surface area contributed by atoms with Gasteiger partial charge in [0, 0.05) is 17.8 Å². The second kappa shape index (κ2) is 5.19. The average molecular weight is 260 g/mol. The third-order valence-corrected chi connectivity index (χ3v) is 4.28. The van der Waals surface area contributed by atoms with Crippen LogP contribution in [0.2, 0.25) is 0 Å². The van der Waals surface area contributed by atoms with Crippen LogP contribution in [0.25, 0.3) is 0 Å². The van der Waals surface area contributed by atoms with Crippen LogP contribution in [0.15, 0.2) is 11.4 Å². The van der Waals surface area contributed by atoms with E-state index in [1.165, 1.54) is 10.4 Å². The van der Waals surface area contributed by atoms with Crippen molar-refractivity contribution in [3.8, 4) is 0 Å². The van der Waals surface area contributed by atoms with Gasteiger partial charge in [0.05, 0.1) is 12.0 Å². The fourth-order valence-corrected chi connectivity index (χ4v) is 2.50. The van der Waals surface area contributed by atoms with Crippen LogP contribution >= 0.6 is 22.9 Å². The summed E-state index contributed by atoms with van der Waals surface area (Å²) in [4.78, 5) is 15.1. The summed E-state index contributed by atoms with van der Waals surface area (Å²) in [6.07, 6.45) is 0. The first-order valence-corrected chi connectivity index (χ1v) is 6.64. The van der Waals surface area contributed by atoms with E-state index in [2.05, 4.69) is 18.4 Å². The molecule has 1 heterocycles. The number of carbonyl (C=O) groups excluding carboxylic acids is 1. The fourth-order valence-electron chi connectivity index (χ4n) is 1.43. The van der Waals surface area contributed by atoms with E-state index in [9.17, 15) is 4.79 Å². The van der Waals surface area contributed by atoms with Crippen LogP contribution in [0.4, 0.5) is 0 Å². The molecule has 90 valence electrons. The Kier molecular flexibility index (Phi) is 4.39. The molecule has 0 saturated heterocycles. The minimum atomic E-state index is -0.485. The predicted octanol–water partition coefficient (Wildman–Crippen LogP) is 3.28. The van der Waals surface area contributed by atoms with Gasteiger partial charge in [-0.05, 0) is 37.8 Å². The van der Waals surface area contributed by atoms with Crippen molar-refractivity contribution in [1.82, 2.24) is 4.90 Å². The van der Waals surface area contributed by atoms with Gasteiger partial charge in [0.25, 0.3) is 0 Å². The molecule has 0 spiro atoms. The SMILES string of the molecule is Cc1ccsc1CN(C)C(=O)C(C)(C)CCl. The maximum absolute atomic E-state index is 12.1. The Labute approximate surface area is 106 Å². The molecule has 0 radical (unpaired) electrons. The summed E-state index contributed by atoms with van der Waals surface area (Å²) in [6, 6.07) is 2.07. The van der Waals surface area contributed by atoms with Crippen molar-refractivity contribution in [1.29, 1.82) is 0 Å². The lowest BCUT2D eigenvalue weighted by Crippen LogP contribution is -2.39. The summed E-state index contributed by atoms with van der Waals surface area (Å²) in [5.74, 6) is 0.440. The van der Waals surface area contributed by atoms with Gasteiger partial charge in [-0.15, -0.1) is 22.9 Å². The van der Waals surface area contributed by atoms with E-state index in [1.807, 2.05) is 20.9 Å². The zero-order chi connectivity index (χ0) is 12.3. The van der Waals surface area contributed by atoms with E-state index in [4.69, 9.17) is 11.6 Å². The molecular weight excluding hydrogens is 242 g/mol. The van der Waals surface area contributed by atoms with Gasteiger partial charge >= 0.3 is 0 Å². The summed E-state index contributed by atoms with van der Waals surface area (Å²) in [5.41, 5.74) is 0.759. The molecule has 1 rings (SSSR count). The van der Waals surface area contributed by atoms with Crippen molar-refractivity contribution in [3.05, 3.63) is 21.9 Å². The van der Waals surface area contributed by atoms with E-state index in [0.717, 1.165) is 0 Å². The lowest BCUT2D eigenvalue weighted by Gasteiger charge is -2.27. The quantitative estimate of drug-likeness (QED) is 0.760. The minimum absolute atomic E-state index is 0.0929. The monoisotopic (exact) mass is 259 g/mol. The molecule has 4 heteroatoms. The first kappa shape index (κ1) is 13.5. The van der Waals surface area contributed by atoms with Crippen molar-refractivity contribution in [2.75, 3.05) is 12.9 Å². The lowest BCUT2D eigenvalue weighted by atomic mass is 9.94. The number of hydrogen-bond donors (Lipinski definition) is 0. The van der Waals surface area contributed by atoms with E-state index in [1.54, 1.807) is 16.2 Å². The van der Waals surface area contributed by atoms with Crippen molar-refractivity contribution in [2.45, 2.75) is 27.3 Å². The Morgan fingerprint density at radius 2 is 2.19 bits per heavy atom. The molecule has 0 aromatic carbocycles. The van der Waals surface area contributed by atoms with Crippen molar-refractivity contribution >= 4 is 28.8 Å². The minimum Gasteiger partial charge on any atom is -0.340 e. The lowest BCUT2D eigenvalue weighted by molar-refractivity contribution is -0.138. The van der Waals surface area contributed by atoms with E-state index >= 15 is 0 Å². The number of amides is 1. The van der Waals surface area contributed by atoms with Gasteiger partial charge in [-0.25, -0.2) is 0 Å². The number of thiophene rings is 1.